The lowest BCUT2D eigenvalue weighted by Crippen LogP contribution is -2.51. The van der Waals surface area contributed by atoms with Crippen LogP contribution in [0.2, 0.25) is 0 Å². The van der Waals surface area contributed by atoms with Crippen LogP contribution in [0.1, 0.15) is 38.5 Å². The highest BCUT2D eigenvalue weighted by Crippen LogP contribution is 2.40. The van der Waals surface area contributed by atoms with Crippen molar-refractivity contribution in [2.45, 2.75) is 56.1 Å². The Morgan fingerprint density at radius 3 is 2.55 bits per heavy atom. The minimum atomic E-state index is -0.705. The van der Waals surface area contributed by atoms with Gasteiger partial charge in [0.1, 0.15) is 23.8 Å². The van der Waals surface area contributed by atoms with Crippen molar-refractivity contribution < 1.29 is 13.5 Å². The van der Waals surface area contributed by atoms with Gasteiger partial charge in [0.05, 0.1) is 10.0 Å². The van der Waals surface area contributed by atoms with Crippen LogP contribution in [-0.2, 0) is 0 Å². The lowest BCUT2D eigenvalue weighted by molar-refractivity contribution is 0.108. The van der Waals surface area contributed by atoms with Crippen molar-refractivity contribution in [3.05, 3.63) is 22.2 Å². The number of hydrogen-bond donors (Lipinski definition) is 1. The first-order chi connectivity index (χ1) is 15.0. The number of ether oxygens (including phenoxy) is 1. The van der Waals surface area contributed by atoms with Gasteiger partial charge in [0, 0.05) is 30.6 Å². The lowest BCUT2D eigenvalue weighted by atomic mass is 9.95. The van der Waals surface area contributed by atoms with E-state index in [2.05, 4.69) is 36.0 Å². The number of halogens is 3. The van der Waals surface area contributed by atoms with Crippen LogP contribution in [-0.4, -0.2) is 65.3 Å². The minimum Gasteiger partial charge on any atom is -0.461 e. The summed E-state index contributed by atoms with van der Waals surface area (Å²) < 4.78 is 35.4. The zero-order valence-electron chi connectivity index (χ0n) is 17.3. The van der Waals surface area contributed by atoms with E-state index in [1.54, 1.807) is 0 Å². The van der Waals surface area contributed by atoms with Gasteiger partial charge < -0.3 is 15.0 Å². The Labute approximate surface area is 188 Å². The van der Waals surface area contributed by atoms with Crippen LogP contribution < -0.4 is 15.0 Å². The van der Waals surface area contributed by atoms with E-state index in [-0.39, 0.29) is 21.5 Å². The molecule has 0 radical (unpaired) electrons. The Morgan fingerprint density at radius 2 is 1.84 bits per heavy atom. The van der Waals surface area contributed by atoms with E-state index in [1.807, 2.05) is 0 Å². The van der Waals surface area contributed by atoms with Gasteiger partial charge in [-0.05, 0) is 73.6 Å². The Hall–Kier alpha value is -1.58. The van der Waals surface area contributed by atoms with E-state index in [1.165, 1.54) is 18.9 Å². The molecular weight excluding hydrogens is 468 g/mol. The van der Waals surface area contributed by atoms with Crippen LogP contribution in [0, 0.1) is 11.6 Å². The smallest absolute Gasteiger partial charge is 0.319 e. The topological polar surface area (TPSA) is 53.5 Å². The molecule has 4 aliphatic rings. The molecule has 6 rings (SSSR count). The molecule has 0 amide bonds. The molecule has 0 spiro atoms. The molecule has 5 heterocycles. The monoisotopic (exact) mass is 493 g/mol. The fraction of sp³-hybridized carbons (Fsp3) is 0.636. The summed E-state index contributed by atoms with van der Waals surface area (Å²) in [7, 11) is 0. The Morgan fingerprint density at radius 1 is 1.13 bits per heavy atom. The normalized spacial score (nSPS) is 27.3. The molecule has 9 heteroatoms. The van der Waals surface area contributed by atoms with Gasteiger partial charge in [-0.3, -0.25) is 4.90 Å². The highest BCUT2D eigenvalue weighted by molar-refractivity contribution is 9.10. The molecule has 4 fully saturated rings. The third kappa shape index (κ3) is 3.31. The third-order valence-electron chi connectivity index (χ3n) is 7.58. The summed E-state index contributed by atoms with van der Waals surface area (Å²) in [6.45, 7) is 4.25. The van der Waals surface area contributed by atoms with Gasteiger partial charge in [-0.1, -0.05) is 0 Å². The molecule has 2 bridgehead atoms. The molecule has 4 saturated heterocycles. The molecule has 2 aromatic rings. The number of rotatable bonds is 4. The van der Waals surface area contributed by atoms with E-state index in [4.69, 9.17) is 9.72 Å². The Balaban J connectivity index is 1.39. The van der Waals surface area contributed by atoms with Gasteiger partial charge in [0.15, 0.2) is 5.82 Å². The summed E-state index contributed by atoms with van der Waals surface area (Å²) >= 11 is 3.02. The molecule has 4 aliphatic heterocycles. The van der Waals surface area contributed by atoms with Gasteiger partial charge in [-0.25, -0.2) is 8.78 Å². The number of aromatic nitrogens is 2. The summed E-state index contributed by atoms with van der Waals surface area (Å²) in [5.74, 6) is -0.785. The van der Waals surface area contributed by atoms with Crippen LogP contribution in [0.4, 0.5) is 14.6 Å². The number of hydrogen-bond acceptors (Lipinski definition) is 6. The number of piperazine rings is 1. The molecule has 2 atom stereocenters. The first-order valence-electron chi connectivity index (χ1n) is 11.3. The minimum absolute atomic E-state index is 0.0502. The molecule has 1 aromatic heterocycles. The summed E-state index contributed by atoms with van der Waals surface area (Å²) in [6.07, 6.45) is 6.80. The van der Waals surface area contributed by atoms with Gasteiger partial charge in [-0.2, -0.15) is 9.97 Å². The van der Waals surface area contributed by atoms with Gasteiger partial charge >= 0.3 is 6.01 Å². The number of nitrogens with one attached hydrogen (secondary N) is 1. The highest BCUT2D eigenvalue weighted by atomic mass is 79.9. The largest absolute Gasteiger partial charge is 0.461 e. The van der Waals surface area contributed by atoms with Gasteiger partial charge in [0.25, 0.3) is 0 Å². The van der Waals surface area contributed by atoms with Crippen molar-refractivity contribution >= 4 is 32.7 Å². The van der Waals surface area contributed by atoms with E-state index in [0.717, 1.165) is 51.9 Å². The van der Waals surface area contributed by atoms with Crippen LogP contribution in [0.15, 0.2) is 10.5 Å². The van der Waals surface area contributed by atoms with Gasteiger partial charge in [-0.15, -0.1) is 0 Å². The summed E-state index contributed by atoms with van der Waals surface area (Å²) in [5.41, 5.74) is 0.153. The standard InChI is InChI=1S/C22H26BrF2N5O/c23-17-16(24)9-15-19(18(17)25)27-21(31-12-22-5-1-7-30(22)8-2-6-22)28-20(15)29-10-13-3-4-14(11-29)26-13/h9,13-14,26H,1-8,10-12H2. The van der Waals surface area contributed by atoms with Crippen LogP contribution in [0.5, 0.6) is 6.01 Å². The lowest BCUT2D eigenvalue weighted by Gasteiger charge is -2.34. The quantitative estimate of drug-likeness (QED) is 0.656. The number of anilines is 1. The molecule has 31 heavy (non-hydrogen) atoms. The molecule has 0 aliphatic carbocycles. The van der Waals surface area contributed by atoms with E-state index in [9.17, 15) is 4.39 Å². The van der Waals surface area contributed by atoms with Crippen molar-refractivity contribution in [2.75, 3.05) is 37.7 Å². The zero-order chi connectivity index (χ0) is 21.2. The van der Waals surface area contributed by atoms with E-state index in [0.29, 0.717) is 29.9 Å². The SMILES string of the molecule is Fc1cc2c(N3CC4CCC(C3)N4)nc(OCC34CCCN3CCC4)nc2c(F)c1Br. The first-order valence-corrected chi connectivity index (χ1v) is 12.1. The summed E-state index contributed by atoms with van der Waals surface area (Å²) in [5, 5.41) is 3.99. The zero-order valence-corrected chi connectivity index (χ0v) is 18.9. The van der Waals surface area contributed by atoms with Crippen molar-refractivity contribution in [3.63, 3.8) is 0 Å². The van der Waals surface area contributed by atoms with Crippen molar-refractivity contribution in [1.29, 1.82) is 0 Å². The second kappa shape index (κ2) is 7.49. The number of benzene rings is 1. The Bertz CT molecular complexity index is 1010. The molecule has 166 valence electrons. The molecule has 2 unspecified atom stereocenters. The predicted molar refractivity (Wildman–Crippen MR) is 118 cm³/mol. The summed E-state index contributed by atoms with van der Waals surface area (Å²) in [4.78, 5) is 13.7. The second-order valence-electron chi connectivity index (χ2n) is 9.46. The average Bonchev–Trinajstić information content (AvgIpc) is 3.44. The van der Waals surface area contributed by atoms with Crippen molar-refractivity contribution in [2.24, 2.45) is 0 Å². The fourth-order valence-electron chi connectivity index (χ4n) is 6.07. The summed E-state index contributed by atoms with van der Waals surface area (Å²) in [6, 6.07) is 2.27. The molecule has 1 N–H and O–H groups in total. The van der Waals surface area contributed by atoms with Crippen LogP contribution in [0.3, 0.4) is 0 Å². The maximum Gasteiger partial charge on any atom is 0.319 e. The maximum atomic E-state index is 15.0. The van der Waals surface area contributed by atoms with Crippen molar-refractivity contribution in [1.82, 2.24) is 20.2 Å². The highest BCUT2D eigenvalue weighted by Gasteiger charge is 2.45. The van der Waals surface area contributed by atoms with Gasteiger partial charge in [0.2, 0.25) is 0 Å². The van der Waals surface area contributed by atoms with Crippen LogP contribution >= 0.6 is 15.9 Å². The Kier molecular flexibility index (Phi) is 4.84. The molecule has 0 saturated carbocycles. The third-order valence-corrected chi connectivity index (χ3v) is 8.31. The average molecular weight is 494 g/mol. The molecule has 6 nitrogen and oxygen atoms in total. The fourth-order valence-corrected chi connectivity index (χ4v) is 6.37. The number of nitrogens with zero attached hydrogens (tertiary/aromatic N) is 4. The van der Waals surface area contributed by atoms with E-state index >= 15 is 4.39 Å². The van der Waals surface area contributed by atoms with E-state index < -0.39 is 11.6 Å². The first kappa shape index (κ1) is 20.1. The number of fused-ring (bicyclic) bond motifs is 4. The molecular formula is C22H26BrF2N5O. The van der Waals surface area contributed by atoms with Crippen molar-refractivity contribution in [3.8, 4) is 6.01 Å². The predicted octanol–water partition coefficient (Wildman–Crippen LogP) is 3.62. The van der Waals surface area contributed by atoms with Crippen LogP contribution in [0.25, 0.3) is 10.9 Å². The second-order valence-corrected chi connectivity index (χ2v) is 10.3. The maximum absolute atomic E-state index is 15.0. The molecule has 1 aromatic carbocycles.